The summed E-state index contributed by atoms with van der Waals surface area (Å²) in [6, 6.07) is 5.87. The van der Waals surface area contributed by atoms with Crippen LogP contribution in [-0.4, -0.2) is 28.2 Å². The van der Waals surface area contributed by atoms with E-state index in [1.165, 1.54) is 0 Å². The largest absolute Gasteiger partial charge is 0.319 e. The third kappa shape index (κ3) is 1.67. The van der Waals surface area contributed by atoms with Gasteiger partial charge in [-0.25, -0.2) is 9.50 Å². The van der Waals surface area contributed by atoms with Crippen LogP contribution in [0.3, 0.4) is 0 Å². The maximum Gasteiger partial charge on any atom is 0.155 e. The molecule has 0 saturated heterocycles. The van der Waals surface area contributed by atoms with Crippen molar-refractivity contribution in [3.63, 3.8) is 0 Å². The molecule has 4 nitrogen and oxygen atoms in total. The first-order chi connectivity index (χ1) is 6.40. The zero-order valence-corrected chi connectivity index (χ0v) is 7.57. The van der Waals surface area contributed by atoms with Crippen LogP contribution < -0.4 is 5.32 Å². The van der Waals surface area contributed by atoms with Crippen LogP contribution in [0.1, 0.15) is 5.82 Å². The van der Waals surface area contributed by atoms with Gasteiger partial charge in [-0.1, -0.05) is 6.07 Å². The van der Waals surface area contributed by atoms with Gasteiger partial charge >= 0.3 is 0 Å². The predicted octanol–water partition coefficient (Wildman–Crippen LogP) is 0.491. The van der Waals surface area contributed by atoms with Crippen molar-refractivity contribution < 1.29 is 0 Å². The lowest BCUT2D eigenvalue weighted by Crippen LogP contribution is -2.11. The Labute approximate surface area is 76.6 Å². The summed E-state index contributed by atoms with van der Waals surface area (Å²) in [5.74, 6) is 0.889. The van der Waals surface area contributed by atoms with Gasteiger partial charge in [0.05, 0.1) is 0 Å². The molecule has 2 aromatic rings. The van der Waals surface area contributed by atoms with Crippen molar-refractivity contribution in [1.82, 2.24) is 19.9 Å². The number of fused-ring (bicyclic) bond motifs is 1. The molecule has 13 heavy (non-hydrogen) atoms. The third-order valence-corrected chi connectivity index (χ3v) is 1.88. The summed E-state index contributed by atoms with van der Waals surface area (Å²) in [4.78, 5) is 4.36. The molecular weight excluding hydrogens is 164 g/mol. The van der Waals surface area contributed by atoms with E-state index in [1.807, 2.05) is 31.4 Å². The first kappa shape index (κ1) is 8.19. The van der Waals surface area contributed by atoms with E-state index >= 15 is 0 Å². The molecular formula is C9H12N4. The summed E-state index contributed by atoms with van der Waals surface area (Å²) >= 11 is 0. The van der Waals surface area contributed by atoms with Gasteiger partial charge in [0.25, 0.3) is 0 Å². The van der Waals surface area contributed by atoms with Gasteiger partial charge in [0.2, 0.25) is 0 Å². The third-order valence-electron chi connectivity index (χ3n) is 1.88. The van der Waals surface area contributed by atoms with Crippen LogP contribution in [0.15, 0.2) is 24.4 Å². The Kier molecular flexibility index (Phi) is 2.23. The van der Waals surface area contributed by atoms with Crippen molar-refractivity contribution in [3.8, 4) is 0 Å². The molecule has 0 amide bonds. The quantitative estimate of drug-likeness (QED) is 0.740. The number of hydrogen-bond donors (Lipinski definition) is 1. The highest BCUT2D eigenvalue weighted by atomic mass is 15.3. The highest BCUT2D eigenvalue weighted by Gasteiger charge is 2.00. The molecule has 0 radical (unpaired) electrons. The first-order valence-corrected chi connectivity index (χ1v) is 4.35. The van der Waals surface area contributed by atoms with E-state index in [0.29, 0.717) is 0 Å². The summed E-state index contributed by atoms with van der Waals surface area (Å²) in [6.07, 6.45) is 2.78. The number of hydrogen-bond acceptors (Lipinski definition) is 3. The van der Waals surface area contributed by atoms with Crippen LogP contribution in [0.2, 0.25) is 0 Å². The van der Waals surface area contributed by atoms with Gasteiger partial charge in [0.15, 0.2) is 11.5 Å². The van der Waals surface area contributed by atoms with E-state index in [9.17, 15) is 0 Å². The summed E-state index contributed by atoms with van der Waals surface area (Å²) < 4.78 is 1.80. The van der Waals surface area contributed by atoms with E-state index < -0.39 is 0 Å². The number of nitrogens with one attached hydrogen (secondary N) is 1. The highest BCUT2D eigenvalue weighted by Crippen LogP contribution is 1.99. The van der Waals surface area contributed by atoms with Gasteiger partial charge in [-0.2, -0.15) is 5.10 Å². The lowest BCUT2D eigenvalue weighted by molar-refractivity contribution is 0.751. The fraction of sp³-hybridized carbons (Fsp3) is 0.333. The van der Waals surface area contributed by atoms with Crippen LogP contribution in [0, 0.1) is 0 Å². The van der Waals surface area contributed by atoms with Crippen molar-refractivity contribution in [2.75, 3.05) is 13.6 Å². The lowest BCUT2D eigenvalue weighted by atomic mass is 10.4. The smallest absolute Gasteiger partial charge is 0.155 e. The monoisotopic (exact) mass is 176 g/mol. The van der Waals surface area contributed by atoms with Gasteiger partial charge < -0.3 is 5.32 Å². The normalized spacial score (nSPS) is 10.8. The molecule has 2 heterocycles. The molecule has 0 aliphatic rings. The second-order valence-corrected chi connectivity index (χ2v) is 2.88. The predicted molar refractivity (Wildman–Crippen MR) is 50.6 cm³/mol. The molecule has 0 unspecified atom stereocenters. The fourth-order valence-corrected chi connectivity index (χ4v) is 1.22. The SMILES string of the molecule is CNCCc1nc2ccccn2n1. The van der Waals surface area contributed by atoms with Crippen LogP contribution in [0.5, 0.6) is 0 Å². The number of pyridine rings is 1. The minimum absolute atomic E-state index is 0.873. The van der Waals surface area contributed by atoms with E-state index in [1.54, 1.807) is 4.52 Å². The van der Waals surface area contributed by atoms with E-state index in [2.05, 4.69) is 15.4 Å². The van der Waals surface area contributed by atoms with E-state index in [-0.39, 0.29) is 0 Å². The number of nitrogens with zero attached hydrogens (tertiary/aromatic N) is 3. The molecule has 0 aromatic carbocycles. The maximum atomic E-state index is 4.36. The molecule has 2 rings (SSSR count). The average molecular weight is 176 g/mol. The molecule has 0 bridgehead atoms. The molecule has 0 saturated carbocycles. The van der Waals surface area contributed by atoms with Crippen molar-refractivity contribution in [2.45, 2.75) is 6.42 Å². The summed E-state index contributed by atoms with van der Waals surface area (Å²) in [5.41, 5.74) is 0.911. The fourth-order valence-electron chi connectivity index (χ4n) is 1.22. The van der Waals surface area contributed by atoms with E-state index in [0.717, 1.165) is 24.4 Å². The van der Waals surface area contributed by atoms with Gasteiger partial charge in [-0.15, -0.1) is 0 Å². The second-order valence-electron chi connectivity index (χ2n) is 2.88. The summed E-state index contributed by atoms with van der Waals surface area (Å²) in [6.45, 7) is 0.914. The standard InChI is InChI=1S/C9H12N4/c1-10-6-5-8-11-9-4-2-3-7-13(9)12-8/h2-4,7,10H,5-6H2,1H3. The Morgan fingerprint density at radius 2 is 2.38 bits per heavy atom. The molecule has 68 valence electrons. The number of likely N-dealkylation sites (N-methyl/N-ethyl adjacent to an activating group) is 1. The molecule has 4 heteroatoms. The molecule has 1 N–H and O–H groups in total. The molecule has 0 aliphatic carbocycles. The summed E-state index contributed by atoms with van der Waals surface area (Å²) in [5, 5.41) is 7.39. The zero-order valence-electron chi connectivity index (χ0n) is 7.57. The van der Waals surface area contributed by atoms with Crippen LogP contribution in [0.25, 0.3) is 5.65 Å². The van der Waals surface area contributed by atoms with Crippen LogP contribution >= 0.6 is 0 Å². The van der Waals surface area contributed by atoms with Crippen LogP contribution in [0.4, 0.5) is 0 Å². The minimum atomic E-state index is 0.873. The van der Waals surface area contributed by atoms with Gasteiger partial charge in [-0.3, -0.25) is 0 Å². The van der Waals surface area contributed by atoms with Crippen molar-refractivity contribution in [2.24, 2.45) is 0 Å². The number of aromatic nitrogens is 3. The van der Waals surface area contributed by atoms with E-state index in [4.69, 9.17) is 0 Å². The Balaban J connectivity index is 2.28. The van der Waals surface area contributed by atoms with Crippen molar-refractivity contribution >= 4 is 5.65 Å². The highest BCUT2D eigenvalue weighted by molar-refractivity contribution is 5.36. The average Bonchev–Trinajstić information content (AvgIpc) is 2.57. The Bertz CT molecular complexity index is 360. The molecule has 0 fully saturated rings. The topological polar surface area (TPSA) is 42.2 Å². The molecule has 0 spiro atoms. The maximum absolute atomic E-state index is 4.36. The minimum Gasteiger partial charge on any atom is -0.319 e. The Hall–Kier alpha value is -1.42. The molecule has 0 atom stereocenters. The Morgan fingerprint density at radius 3 is 3.15 bits per heavy atom. The number of rotatable bonds is 3. The first-order valence-electron chi connectivity index (χ1n) is 4.35. The van der Waals surface area contributed by atoms with Gasteiger partial charge in [-0.05, 0) is 19.2 Å². The second kappa shape index (κ2) is 3.53. The molecule has 0 aliphatic heterocycles. The Morgan fingerprint density at radius 1 is 1.46 bits per heavy atom. The van der Waals surface area contributed by atoms with Crippen molar-refractivity contribution in [1.29, 1.82) is 0 Å². The van der Waals surface area contributed by atoms with Crippen LogP contribution in [-0.2, 0) is 6.42 Å². The van der Waals surface area contributed by atoms with Crippen molar-refractivity contribution in [3.05, 3.63) is 30.2 Å². The van der Waals surface area contributed by atoms with Gasteiger partial charge in [0.1, 0.15) is 0 Å². The molecule has 2 aromatic heterocycles. The lowest BCUT2D eigenvalue weighted by Gasteiger charge is -1.91. The van der Waals surface area contributed by atoms with Gasteiger partial charge in [0, 0.05) is 19.2 Å². The summed E-state index contributed by atoms with van der Waals surface area (Å²) in [7, 11) is 1.93. The zero-order chi connectivity index (χ0) is 9.10.